The second-order valence-corrected chi connectivity index (χ2v) is 10.4. The zero-order chi connectivity index (χ0) is 21.5. The second kappa shape index (κ2) is 7.46. The molecule has 1 aliphatic rings. The van der Waals surface area contributed by atoms with Gasteiger partial charge in [-0.1, -0.05) is 6.07 Å². The van der Waals surface area contributed by atoms with Gasteiger partial charge in [-0.3, -0.25) is 4.98 Å². The molecule has 156 valence electrons. The number of rotatable bonds is 5. The summed E-state index contributed by atoms with van der Waals surface area (Å²) in [6.07, 6.45) is 1.99. The van der Waals surface area contributed by atoms with E-state index in [0.717, 1.165) is 23.9 Å². The molecule has 4 rings (SSSR count). The normalized spacial score (nSPS) is 14.5. The van der Waals surface area contributed by atoms with Crippen molar-refractivity contribution in [3.63, 3.8) is 0 Å². The Morgan fingerprint density at radius 2 is 1.83 bits per heavy atom. The average Bonchev–Trinajstić information content (AvgIpc) is 2.69. The van der Waals surface area contributed by atoms with Gasteiger partial charge < -0.3 is 4.74 Å². The van der Waals surface area contributed by atoms with Crippen LogP contribution in [0.1, 0.15) is 11.3 Å². The minimum Gasteiger partial charge on any atom is -0.455 e. The van der Waals surface area contributed by atoms with Crippen LogP contribution >= 0.6 is 0 Å². The smallest absolute Gasteiger partial charge is 0.240 e. The highest BCUT2D eigenvalue weighted by Gasteiger charge is 2.34. The van der Waals surface area contributed by atoms with Crippen LogP contribution in [0.25, 0.3) is 0 Å². The summed E-state index contributed by atoms with van der Waals surface area (Å²) in [4.78, 5) is 3.28. The quantitative estimate of drug-likeness (QED) is 0.504. The molecule has 0 fully saturated rings. The highest BCUT2D eigenvalue weighted by Crippen LogP contribution is 2.44. The van der Waals surface area contributed by atoms with Crippen LogP contribution in [0, 0.1) is 12.7 Å². The zero-order valence-electron chi connectivity index (χ0n) is 15.8. The van der Waals surface area contributed by atoms with Crippen molar-refractivity contribution < 1.29 is 26.0 Å². The molecule has 0 saturated carbocycles. The molecule has 2 aromatic carbocycles. The van der Waals surface area contributed by atoms with Gasteiger partial charge >= 0.3 is 0 Å². The summed E-state index contributed by atoms with van der Waals surface area (Å²) in [5.74, 6) is -0.744. The minimum atomic E-state index is -4.15. The van der Waals surface area contributed by atoms with Crippen LogP contribution in [0.3, 0.4) is 0 Å². The number of sulfonamides is 1. The van der Waals surface area contributed by atoms with E-state index in [2.05, 4.69) is 9.71 Å². The molecule has 3 aromatic rings. The van der Waals surface area contributed by atoms with Crippen LogP contribution in [0.15, 0.2) is 69.4 Å². The van der Waals surface area contributed by atoms with Crippen molar-refractivity contribution in [3.05, 3.63) is 71.8 Å². The van der Waals surface area contributed by atoms with E-state index < -0.39 is 25.7 Å². The van der Waals surface area contributed by atoms with Crippen molar-refractivity contribution in [1.82, 2.24) is 9.71 Å². The summed E-state index contributed by atoms with van der Waals surface area (Å²) in [5, 5.41) is 0. The Kier molecular flexibility index (Phi) is 5.08. The van der Waals surface area contributed by atoms with E-state index in [0.29, 0.717) is 12.0 Å². The van der Waals surface area contributed by atoms with E-state index in [-0.39, 0.29) is 32.7 Å². The first-order valence-corrected chi connectivity index (χ1v) is 11.9. The Bertz CT molecular complexity index is 1340. The van der Waals surface area contributed by atoms with E-state index in [9.17, 15) is 21.2 Å². The van der Waals surface area contributed by atoms with Gasteiger partial charge in [-0.25, -0.2) is 25.9 Å². The van der Waals surface area contributed by atoms with Crippen LogP contribution < -0.4 is 9.46 Å². The molecule has 0 bridgehead atoms. The van der Waals surface area contributed by atoms with Gasteiger partial charge in [-0.05, 0) is 55.0 Å². The molecule has 1 N–H and O–H groups in total. The molecule has 7 nitrogen and oxygen atoms in total. The largest absolute Gasteiger partial charge is 0.455 e. The highest BCUT2D eigenvalue weighted by atomic mass is 32.2. The molecule has 0 atom stereocenters. The molecule has 1 aromatic heterocycles. The Morgan fingerprint density at radius 1 is 1.07 bits per heavy atom. The molecule has 0 aliphatic carbocycles. The maximum Gasteiger partial charge on any atom is 0.240 e. The van der Waals surface area contributed by atoms with Crippen LogP contribution in [0.5, 0.6) is 11.5 Å². The van der Waals surface area contributed by atoms with Crippen LogP contribution in [0.2, 0.25) is 0 Å². The van der Waals surface area contributed by atoms with E-state index in [1.165, 1.54) is 12.1 Å². The molecule has 30 heavy (non-hydrogen) atoms. The predicted molar refractivity (Wildman–Crippen MR) is 106 cm³/mol. The standard InChI is InChI=1S/C20H17FN2O5S2/c1-13-10-17-20(29(24,25)19-11-14(21)5-6-16(19)28-17)12-18(13)30(26,27)23-9-7-15-4-2-3-8-22-15/h2-6,8,10-12,23H,7,9H2,1H3. The predicted octanol–water partition coefficient (Wildman–Crippen LogP) is 2.99. The third kappa shape index (κ3) is 3.69. The number of hydrogen-bond donors (Lipinski definition) is 1. The highest BCUT2D eigenvalue weighted by molar-refractivity contribution is 7.92. The minimum absolute atomic E-state index is 0.000885. The molecule has 0 unspecified atom stereocenters. The fraction of sp³-hybridized carbons (Fsp3) is 0.150. The summed E-state index contributed by atoms with van der Waals surface area (Å²) in [5.41, 5.74) is 1.04. The lowest BCUT2D eigenvalue weighted by Crippen LogP contribution is -2.27. The molecule has 1 aliphatic heterocycles. The molecular formula is C20H17FN2O5S2. The number of ether oxygens (including phenoxy) is 1. The topological polar surface area (TPSA) is 102 Å². The van der Waals surface area contributed by atoms with Gasteiger partial charge in [-0.15, -0.1) is 0 Å². The molecule has 10 heteroatoms. The number of benzene rings is 2. The van der Waals surface area contributed by atoms with E-state index in [1.54, 1.807) is 31.3 Å². The Labute approximate surface area is 173 Å². The van der Waals surface area contributed by atoms with Gasteiger partial charge in [0.15, 0.2) is 0 Å². The Balaban J connectivity index is 1.67. The first-order chi connectivity index (χ1) is 14.2. The van der Waals surface area contributed by atoms with Crippen molar-refractivity contribution in [3.8, 4) is 11.5 Å². The van der Waals surface area contributed by atoms with E-state index >= 15 is 0 Å². The van der Waals surface area contributed by atoms with Crippen molar-refractivity contribution in [1.29, 1.82) is 0 Å². The summed E-state index contributed by atoms with van der Waals surface area (Å²) in [6.45, 7) is 1.64. The summed E-state index contributed by atoms with van der Waals surface area (Å²) in [6, 6.07) is 10.9. The lowest BCUT2D eigenvalue weighted by molar-refractivity contribution is 0.438. The number of pyridine rings is 1. The summed E-state index contributed by atoms with van der Waals surface area (Å²) in [7, 11) is -8.16. The fourth-order valence-electron chi connectivity index (χ4n) is 3.17. The maximum atomic E-state index is 13.6. The molecule has 0 saturated heterocycles. The number of halogens is 1. The molecule has 2 heterocycles. The van der Waals surface area contributed by atoms with Crippen LogP contribution in [-0.2, 0) is 26.3 Å². The Morgan fingerprint density at radius 3 is 2.57 bits per heavy atom. The number of hydrogen-bond acceptors (Lipinski definition) is 6. The second-order valence-electron chi connectivity index (χ2n) is 6.73. The van der Waals surface area contributed by atoms with Crippen molar-refractivity contribution >= 4 is 19.9 Å². The maximum absolute atomic E-state index is 13.6. The number of fused-ring (bicyclic) bond motifs is 2. The van der Waals surface area contributed by atoms with Crippen molar-refractivity contribution in [2.75, 3.05) is 6.54 Å². The fourth-order valence-corrected chi connectivity index (χ4v) is 6.05. The third-order valence-corrected chi connectivity index (χ3v) is 8.03. The monoisotopic (exact) mass is 448 g/mol. The number of nitrogens with zero attached hydrogens (tertiary/aromatic N) is 1. The van der Waals surface area contributed by atoms with Gasteiger partial charge in [0.2, 0.25) is 19.9 Å². The van der Waals surface area contributed by atoms with Crippen LogP contribution in [0.4, 0.5) is 4.39 Å². The molecule has 0 amide bonds. The van der Waals surface area contributed by atoms with E-state index in [1.807, 2.05) is 0 Å². The van der Waals surface area contributed by atoms with Gasteiger partial charge in [0, 0.05) is 24.9 Å². The van der Waals surface area contributed by atoms with Gasteiger partial charge in [-0.2, -0.15) is 0 Å². The SMILES string of the molecule is Cc1cc2c(cc1S(=O)(=O)NCCc1ccccn1)S(=O)(=O)c1cc(F)ccc1O2. The molecular weight excluding hydrogens is 431 g/mol. The number of aryl methyl sites for hydroxylation is 1. The van der Waals surface area contributed by atoms with Crippen molar-refractivity contribution in [2.24, 2.45) is 0 Å². The number of nitrogens with one attached hydrogen (secondary N) is 1. The number of sulfone groups is 1. The van der Waals surface area contributed by atoms with Gasteiger partial charge in [0.1, 0.15) is 27.1 Å². The Hall–Kier alpha value is -2.82. The van der Waals surface area contributed by atoms with Gasteiger partial charge in [0.05, 0.1) is 4.90 Å². The van der Waals surface area contributed by atoms with Gasteiger partial charge in [0.25, 0.3) is 0 Å². The van der Waals surface area contributed by atoms with Crippen molar-refractivity contribution in [2.45, 2.75) is 28.0 Å². The number of aromatic nitrogens is 1. The third-order valence-electron chi connectivity index (χ3n) is 4.63. The molecule has 0 radical (unpaired) electrons. The van der Waals surface area contributed by atoms with E-state index in [4.69, 9.17) is 4.74 Å². The summed E-state index contributed by atoms with van der Waals surface area (Å²) >= 11 is 0. The average molecular weight is 448 g/mol. The zero-order valence-corrected chi connectivity index (χ0v) is 17.4. The molecule has 0 spiro atoms. The van der Waals surface area contributed by atoms with Crippen LogP contribution in [-0.4, -0.2) is 28.4 Å². The lowest BCUT2D eigenvalue weighted by Gasteiger charge is -2.22. The first-order valence-electron chi connectivity index (χ1n) is 8.95. The first kappa shape index (κ1) is 20.5. The lowest BCUT2D eigenvalue weighted by atomic mass is 10.2. The summed E-state index contributed by atoms with van der Waals surface area (Å²) < 4.78 is 73.2.